The van der Waals surface area contributed by atoms with Crippen LogP contribution < -0.4 is 9.47 Å². The minimum Gasteiger partial charge on any atom is -0.492 e. The number of hydrogen-bond donors (Lipinski definition) is 0. The number of rotatable bonds is 6. The quantitative estimate of drug-likeness (QED) is 0.0777. The van der Waals surface area contributed by atoms with Crippen LogP contribution in [0, 0.1) is 22.7 Å². The number of nitrogens with zero attached hydrogens (tertiary/aromatic N) is 2. The lowest BCUT2D eigenvalue weighted by Crippen LogP contribution is -2.04. The Balaban J connectivity index is 1.58. The highest BCUT2D eigenvalue weighted by Gasteiger charge is 2.31. The first-order chi connectivity index (χ1) is 22.9. The Bertz CT molecular complexity index is 2170. The van der Waals surface area contributed by atoms with E-state index in [0.29, 0.717) is 44.5 Å². The van der Waals surface area contributed by atoms with Gasteiger partial charge < -0.3 is 9.47 Å². The Labute approximate surface area is 270 Å². The fourth-order valence-corrected chi connectivity index (χ4v) is 5.96. The zero-order chi connectivity index (χ0) is 34.4. The largest absolute Gasteiger partial charge is 0.492 e. The number of ether oxygens (including phenoxy) is 2. The lowest BCUT2D eigenvalue weighted by atomic mass is 9.87. The van der Waals surface area contributed by atoms with E-state index in [0.717, 1.165) is 45.8 Å². The van der Waals surface area contributed by atoms with Gasteiger partial charge in [0.25, 0.3) is 0 Å². The third-order valence-electron chi connectivity index (χ3n) is 8.22. The number of methoxy groups -OCH3 is 2. The molecule has 0 atom stereocenters. The van der Waals surface area contributed by atoms with E-state index >= 15 is 0 Å². The topological polar surface area (TPSA) is 66.0 Å². The third kappa shape index (κ3) is 5.52. The van der Waals surface area contributed by atoms with Crippen molar-refractivity contribution in [3.05, 3.63) is 118 Å². The number of halogens is 6. The Morgan fingerprint density at radius 2 is 0.854 bits per heavy atom. The summed E-state index contributed by atoms with van der Waals surface area (Å²) in [5.74, 6) is 0.930. The molecule has 0 heterocycles. The second-order valence-electron chi connectivity index (χ2n) is 10.9. The molecule has 0 amide bonds. The molecule has 0 aromatic heterocycles. The molecule has 0 N–H and O–H groups in total. The summed E-state index contributed by atoms with van der Waals surface area (Å²) in [6, 6.07) is 23.8. The van der Waals surface area contributed by atoms with Gasteiger partial charge in [0, 0.05) is 21.5 Å². The Morgan fingerprint density at radius 3 is 1.15 bits per heavy atom. The van der Waals surface area contributed by atoms with Crippen LogP contribution in [0.1, 0.15) is 33.4 Å². The molecule has 6 aromatic carbocycles. The van der Waals surface area contributed by atoms with Crippen molar-refractivity contribution in [1.29, 1.82) is 10.5 Å². The maximum atomic E-state index is 13.1. The molecular weight excluding hydrogens is 630 g/mol. The fraction of sp³-hybridized carbons (Fsp3) is 0.105. The Morgan fingerprint density at radius 1 is 0.521 bits per heavy atom. The van der Waals surface area contributed by atoms with Gasteiger partial charge in [0.2, 0.25) is 0 Å². The molecule has 4 nitrogen and oxygen atoms in total. The first kappa shape index (κ1) is 32.0. The molecule has 6 aromatic rings. The zero-order valence-corrected chi connectivity index (χ0v) is 25.2. The van der Waals surface area contributed by atoms with Crippen LogP contribution in [0.2, 0.25) is 0 Å². The van der Waals surface area contributed by atoms with E-state index in [2.05, 4.69) is 12.1 Å². The van der Waals surface area contributed by atoms with Gasteiger partial charge >= 0.3 is 12.4 Å². The second-order valence-corrected chi connectivity index (χ2v) is 10.9. The summed E-state index contributed by atoms with van der Waals surface area (Å²) in [6.07, 6.45) is -5.81. The van der Waals surface area contributed by atoms with E-state index in [9.17, 15) is 36.9 Å². The zero-order valence-electron chi connectivity index (χ0n) is 25.2. The first-order valence-corrected chi connectivity index (χ1v) is 14.3. The fourth-order valence-electron chi connectivity index (χ4n) is 5.96. The van der Waals surface area contributed by atoms with Crippen molar-refractivity contribution >= 4 is 55.6 Å². The molecule has 48 heavy (non-hydrogen) atoms. The van der Waals surface area contributed by atoms with Crippen molar-refractivity contribution in [3.8, 4) is 23.6 Å². The number of hydrogen-bond acceptors (Lipinski definition) is 4. The van der Waals surface area contributed by atoms with Gasteiger partial charge in [0.15, 0.2) is 11.5 Å². The summed E-state index contributed by atoms with van der Waals surface area (Å²) in [5.41, 5.74) is 0.537. The molecule has 0 unspecified atom stereocenters. The van der Waals surface area contributed by atoms with E-state index in [1.807, 2.05) is 24.3 Å². The molecule has 0 aliphatic heterocycles. The molecule has 0 saturated carbocycles. The Kier molecular flexibility index (Phi) is 7.98. The smallest absolute Gasteiger partial charge is 0.416 e. The van der Waals surface area contributed by atoms with Gasteiger partial charge in [-0.3, -0.25) is 0 Å². The molecule has 10 heteroatoms. The first-order valence-electron chi connectivity index (χ1n) is 14.3. The summed E-state index contributed by atoms with van der Waals surface area (Å²) in [7, 11) is 3.02. The highest BCUT2D eigenvalue weighted by Crippen LogP contribution is 2.49. The summed E-state index contributed by atoms with van der Waals surface area (Å²) < 4.78 is 90.4. The van der Waals surface area contributed by atoms with Crippen LogP contribution in [0.4, 0.5) is 26.3 Å². The third-order valence-corrected chi connectivity index (χ3v) is 8.22. The predicted molar refractivity (Wildman–Crippen MR) is 173 cm³/mol. The monoisotopic (exact) mass is 652 g/mol. The van der Waals surface area contributed by atoms with E-state index in [-0.39, 0.29) is 11.1 Å². The molecule has 0 fully saturated rings. The molecule has 0 aliphatic carbocycles. The molecule has 0 saturated heterocycles. The lowest BCUT2D eigenvalue weighted by Gasteiger charge is -2.20. The van der Waals surface area contributed by atoms with Crippen LogP contribution >= 0.6 is 0 Å². The summed E-state index contributed by atoms with van der Waals surface area (Å²) in [5, 5.41) is 24.3. The SMILES string of the molecule is COc1c(OC)c2ccc(/C=C(/C#N)c3ccc(C(F)(F)F)cc3)c3ccc4c(/C=C(\C#N)c5ccc(C(F)(F)F)cc5)ccc1c4c32. The lowest BCUT2D eigenvalue weighted by molar-refractivity contribution is -0.138. The maximum Gasteiger partial charge on any atom is 0.416 e. The summed E-state index contributed by atoms with van der Waals surface area (Å²) >= 11 is 0. The maximum absolute atomic E-state index is 13.1. The van der Waals surface area contributed by atoms with Crippen molar-refractivity contribution in [2.24, 2.45) is 0 Å². The summed E-state index contributed by atoms with van der Waals surface area (Å²) in [6.45, 7) is 0. The molecule has 0 aliphatic rings. The van der Waals surface area contributed by atoms with E-state index in [4.69, 9.17) is 9.47 Å². The molecular formula is C38H22F6N2O2. The molecule has 0 spiro atoms. The minimum absolute atomic E-state index is 0.155. The number of nitriles is 2. The van der Waals surface area contributed by atoms with Crippen LogP contribution in [0.15, 0.2) is 84.9 Å². The van der Waals surface area contributed by atoms with Crippen molar-refractivity contribution in [1.82, 2.24) is 0 Å². The molecule has 0 bridgehead atoms. The normalized spacial score (nSPS) is 12.8. The second kappa shape index (κ2) is 12.0. The highest BCUT2D eigenvalue weighted by molar-refractivity contribution is 6.29. The van der Waals surface area contributed by atoms with Crippen molar-refractivity contribution in [2.75, 3.05) is 14.2 Å². The number of allylic oxidation sites excluding steroid dienone is 2. The molecule has 6 rings (SSSR count). The Hall–Kier alpha value is -6.00. The van der Waals surface area contributed by atoms with Gasteiger partial charge in [-0.15, -0.1) is 0 Å². The highest BCUT2D eigenvalue weighted by atomic mass is 19.4. The molecule has 238 valence electrons. The van der Waals surface area contributed by atoms with Gasteiger partial charge in [-0.25, -0.2) is 0 Å². The molecule has 0 radical (unpaired) electrons. The average molecular weight is 653 g/mol. The van der Waals surface area contributed by atoms with Crippen LogP contribution in [0.3, 0.4) is 0 Å². The van der Waals surface area contributed by atoms with E-state index in [1.54, 1.807) is 24.3 Å². The predicted octanol–water partition coefficient (Wildman–Crippen LogP) is 10.8. The van der Waals surface area contributed by atoms with Gasteiger partial charge in [-0.1, -0.05) is 48.5 Å². The van der Waals surface area contributed by atoms with Crippen LogP contribution in [-0.2, 0) is 12.4 Å². The van der Waals surface area contributed by atoms with Gasteiger partial charge in [0.1, 0.15) is 0 Å². The van der Waals surface area contributed by atoms with Gasteiger partial charge in [-0.05, 0) is 81.6 Å². The summed E-state index contributed by atoms with van der Waals surface area (Å²) in [4.78, 5) is 0. The average Bonchev–Trinajstić information content (AvgIpc) is 3.08. The minimum atomic E-state index is -4.51. The van der Waals surface area contributed by atoms with Crippen LogP contribution in [0.25, 0.3) is 55.6 Å². The number of alkyl halides is 6. The van der Waals surface area contributed by atoms with Gasteiger partial charge in [-0.2, -0.15) is 36.9 Å². The van der Waals surface area contributed by atoms with Gasteiger partial charge in [0.05, 0.1) is 48.6 Å². The van der Waals surface area contributed by atoms with Crippen molar-refractivity contribution in [3.63, 3.8) is 0 Å². The van der Waals surface area contributed by atoms with E-state index in [1.165, 1.54) is 38.5 Å². The van der Waals surface area contributed by atoms with Crippen LogP contribution in [-0.4, -0.2) is 14.2 Å². The number of benzene rings is 6. The van der Waals surface area contributed by atoms with E-state index < -0.39 is 23.5 Å². The standard InChI is InChI=1S/C38H22F6N2O2/c1-47-35-31-13-7-23(17-25(19-45)21-3-9-27(10-4-21)37(39,40)41)29-15-16-30-24(8-14-32(36(35)48-2)34(30)33(29)31)18-26(20-46)22-5-11-28(12-6-22)38(42,43)44/h3-18H,1-2H3/b25-17-,26-18+. The van der Waals surface area contributed by atoms with Crippen molar-refractivity contribution < 1.29 is 35.8 Å². The van der Waals surface area contributed by atoms with Crippen molar-refractivity contribution in [2.45, 2.75) is 12.4 Å². The van der Waals surface area contributed by atoms with Crippen LogP contribution in [0.5, 0.6) is 11.5 Å².